The Balaban J connectivity index is 1.74. The fourth-order valence-electron chi connectivity index (χ4n) is 3.25. The van der Waals surface area contributed by atoms with Gasteiger partial charge in [0.2, 0.25) is 0 Å². The second-order valence-corrected chi connectivity index (χ2v) is 5.91. The second kappa shape index (κ2) is 6.27. The molecule has 21 heavy (non-hydrogen) atoms. The molecule has 3 heteroatoms. The SMILES string of the molecule is NC1CC(Cc2ccccc2)CN(c2ccccc2F)C1. The summed E-state index contributed by atoms with van der Waals surface area (Å²) in [4.78, 5) is 2.09. The molecule has 0 radical (unpaired) electrons. The molecule has 2 N–H and O–H groups in total. The molecule has 3 rings (SSSR count). The number of nitrogens with zero attached hydrogens (tertiary/aromatic N) is 1. The van der Waals surface area contributed by atoms with Gasteiger partial charge in [-0.1, -0.05) is 42.5 Å². The van der Waals surface area contributed by atoms with Gasteiger partial charge in [-0.05, 0) is 36.5 Å². The predicted molar refractivity (Wildman–Crippen MR) is 84.8 cm³/mol. The zero-order chi connectivity index (χ0) is 14.7. The summed E-state index contributed by atoms with van der Waals surface area (Å²) < 4.78 is 14.0. The maximum atomic E-state index is 14.0. The lowest BCUT2D eigenvalue weighted by Gasteiger charge is -2.38. The van der Waals surface area contributed by atoms with Crippen LogP contribution in [0.4, 0.5) is 10.1 Å². The van der Waals surface area contributed by atoms with Crippen molar-refractivity contribution in [3.8, 4) is 0 Å². The Morgan fingerprint density at radius 1 is 1.00 bits per heavy atom. The van der Waals surface area contributed by atoms with Gasteiger partial charge in [0, 0.05) is 19.1 Å². The summed E-state index contributed by atoms with van der Waals surface area (Å²) in [5, 5.41) is 0. The molecule has 0 amide bonds. The first-order chi connectivity index (χ1) is 10.2. The number of anilines is 1. The molecule has 1 aliphatic rings. The average molecular weight is 284 g/mol. The summed E-state index contributed by atoms with van der Waals surface area (Å²) in [6.45, 7) is 1.59. The predicted octanol–water partition coefficient (Wildman–Crippen LogP) is 3.22. The van der Waals surface area contributed by atoms with E-state index in [4.69, 9.17) is 5.73 Å². The van der Waals surface area contributed by atoms with E-state index in [2.05, 4.69) is 29.2 Å². The van der Waals surface area contributed by atoms with Crippen molar-refractivity contribution in [2.75, 3.05) is 18.0 Å². The van der Waals surface area contributed by atoms with Gasteiger partial charge < -0.3 is 10.6 Å². The Bertz CT molecular complexity index is 585. The van der Waals surface area contributed by atoms with Crippen molar-refractivity contribution in [1.82, 2.24) is 0 Å². The first-order valence-electron chi connectivity index (χ1n) is 7.51. The van der Waals surface area contributed by atoms with Crippen molar-refractivity contribution in [2.45, 2.75) is 18.9 Å². The maximum absolute atomic E-state index is 14.0. The molecule has 0 spiro atoms. The molecule has 1 aliphatic heterocycles. The topological polar surface area (TPSA) is 29.3 Å². The number of nitrogens with two attached hydrogens (primary N) is 1. The molecule has 2 aromatic carbocycles. The molecule has 1 heterocycles. The van der Waals surface area contributed by atoms with Crippen LogP contribution in [0, 0.1) is 11.7 Å². The minimum atomic E-state index is -0.162. The van der Waals surface area contributed by atoms with Crippen LogP contribution in [0.25, 0.3) is 0 Å². The monoisotopic (exact) mass is 284 g/mol. The standard InChI is InChI=1S/C18H21FN2/c19-17-8-4-5-9-18(17)21-12-15(11-16(20)13-21)10-14-6-2-1-3-7-14/h1-9,15-16H,10-13,20H2. The number of para-hydroxylation sites is 1. The molecule has 2 unspecified atom stereocenters. The largest absolute Gasteiger partial charge is 0.367 e. The number of rotatable bonds is 3. The van der Waals surface area contributed by atoms with E-state index in [1.807, 2.05) is 18.2 Å². The number of benzene rings is 2. The highest BCUT2D eigenvalue weighted by Gasteiger charge is 2.26. The summed E-state index contributed by atoms with van der Waals surface area (Å²) in [7, 11) is 0. The Morgan fingerprint density at radius 2 is 1.71 bits per heavy atom. The van der Waals surface area contributed by atoms with Crippen LogP contribution in [-0.4, -0.2) is 19.1 Å². The summed E-state index contributed by atoms with van der Waals surface area (Å²) in [5.41, 5.74) is 8.19. The van der Waals surface area contributed by atoms with Gasteiger partial charge in [0.05, 0.1) is 5.69 Å². The van der Waals surface area contributed by atoms with Gasteiger partial charge in [0.15, 0.2) is 0 Å². The molecular weight excluding hydrogens is 263 g/mol. The normalized spacial score (nSPS) is 22.3. The fourth-order valence-corrected chi connectivity index (χ4v) is 3.25. The zero-order valence-corrected chi connectivity index (χ0v) is 12.1. The van der Waals surface area contributed by atoms with Crippen LogP contribution in [0.3, 0.4) is 0 Å². The lowest BCUT2D eigenvalue weighted by atomic mass is 9.89. The van der Waals surface area contributed by atoms with E-state index >= 15 is 0 Å². The van der Waals surface area contributed by atoms with E-state index in [1.54, 1.807) is 6.07 Å². The first kappa shape index (κ1) is 14.1. The summed E-state index contributed by atoms with van der Waals surface area (Å²) >= 11 is 0. The van der Waals surface area contributed by atoms with E-state index in [0.717, 1.165) is 25.9 Å². The van der Waals surface area contributed by atoms with Crippen LogP contribution in [0.1, 0.15) is 12.0 Å². The van der Waals surface area contributed by atoms with E-state index < -0.39 is 0 Å². The number of halogens is 1. The van der Waals surface area contributed by atoms with E-state index in [0.29, 0.717) is 11.6 Å². The van der Waals surface area contributed by atoms with Crippen LogP contribution < -0.4 is 10.6 Å². The van der Waals surface area contributed by atoms with Crippen LogP contribution in [0.15, 0.2) is 54.6 Å². The van der Waals surface area contributed by atoms with Crippen molar-refractivity contribution < 1.29 is 4.39 Å². The van der Waals surface area contributed by atoms with E-state index in [9.17, 15) is 4.39 Å². The summed E-state index contributed by atoms with van der Waals surface area (Å²) in [6, 6.07) is 17.5. The number of hydrogen-bond donors (Lipinski definition) is 1. The maximum Gasteiger partial charge on any atom is 0.146 e. The summed E-state index contributed by atoms with van der Waals surface area (Å²) in [5.74, 6) is 0.306. The van der Waals surface area contributed by atoms with Gasteiger partial charge in [0.1, 0.15) is 5.82 Å². The highest BCUT2D eigenvalue weighted by atomic mass is 19.1. The van der Waals surface area contributed by atoms with Crippen LogP contribution >= 0.6 is 0 Å². The molecule has 2 aromatic rings. The molecule has 0 saturated carbocycles. The minimum Gasteiger partial charge on any atom is -0.367 e. The Labute approximate surface area is 125 Å². The highest BCUT2D eigenvalue weighted by Crippen LogP contribution is 2.26. The molecule has 2 atom stereocenters. The van der Waals surface area contributed by atoms with Crippen LogP contribution in [0.5, 0.6) is 0 Å². The van der Waals surface area contributed by atoms with Gasteiger partial charge in [-0.25, -0.2) is 4.39 Å². The molecule has 1 fully saturated rings. The van der Waals surface area contributed by atoms with Gasteiger partial charge in [0.25, 0.3) is 0 Å². The van der Waals surface area contributed by atoms with Gasteiger partial charge in [-0.3, -0.25) is 0 Å². The van der Waals surface area contributed by atoms with Crippen molar-refractivity contribution in [2.24, 2.45) is 11.7 Å². The quantitative estimate of drug-likeness (QED) is 0.937. The Morgan fingerprint density at radius 3 is 2.48 bits per heavy atom. The van der Waals surface area contributed by atoms with Crippen LogP contribution in [-0.2, 0) is 6.42 Å². The van der Waals surface area contributed by atoms with Crippen molar-refractivity contribution in [3.05, 3.63) is 66.0 Å². The third-order valence-corrected chi connectivity index (χ3v) is 4.13. The fraction of sp³-hybridized carbons (Fsp3) is 0.333. The molecule has 0 aliphatic carbocycles. The van der Waals surface area contributed by atoms with Crippen molar-refractivity contribution >= 4 is 5.69 Å². The van der Waals surface area contributed by atoms with Crippen LogP contribution in [0.2, 0.25) is 0 Å². The molecular formula is C18H21FN2. The molecule has 2 nitrogen and oxygen atoms in total. The van der Waals surface area contributed by atoms with Gasteiger partial charge in [-0.2, -0.15) is 0 Å². The molecule has 110 valence electrons. The molecule has 1 saturated heterocycles. The third-order valence-electron chi connectivity index (χ3n) is 4.13. The second-order valence-electron chi connectivity index (χ2n) is 5.91. The first-order valence-corrected chi connectivity index (χ1v) is 7.51. The lowest BCUT2D eigenvalue weighted by Crippen LogP contribution is -2.48. The zero-order valence-electron chi connectivity index (χ0n) is 12.1. The molecule has 0 bridgehead atoms. The van der Waals surface area contributed by atoms with E-state index in [-0.39, 0.29) is 11.9 Å². The van der Waals surface area contributed by atoms with Crippen molar-refractivity contribution in [3.63, 3.8) is 0 Å². The minimum absolute atomic E-state index is 0.104. The van der Waals surface area contributed by atoms with Gasteiger partial charge >= 0.3 is 0 Å². The molecule has 0 aromatic heterocycles. The third kappa shape index (κ3) is 3.42. The highest BCUT2D eigenvalue weighted by molar-refractivity contribution is 5.48. The van der Waals surface area contributed by atoms with Gasteiger partial charge in [-0.15, -0.1) is 0 Å². The lowest BCUT2D eigenvalue weighted by molar-refractivity contribution is 0.372. The smallest absolute Gasteiger partial charge is 0.146 e. The Hall–Kier alpha value is -1.87. The van der Waals surface area contributed by atoms with Crippen molar-refractivity contribution in [1.29, 1.82) is 0 Å². The van der Waals surface area contributed by atoms with E-state index in [1.165, 1.54) is 11.6 Å². The summed E-state index contributed by atoms with van der Waals surface area (Å²) in [6.07, 6.45) is 2.00. The average Bonchev–Trinajstić information content (AvgIpc) is 2.48. The number of hydrogen-bond acceptors (Lipinski definition) is 2. The Kier molecular flexibility index (Phi) is 4.20. The number of piperidine rings is 1.